The van der Waals surface area contributed by atoms with Crippen molar-refractivity contribution in [2.75, 3.05) is 0 Å². The van der Waals surface area contributed by atoms with Crippen molar-refractivity contribution in [2.24, 2.45) is 5.92 Å². The summed E-state index contributed by atoms with van der Waals surface area (Å²) in [6.45, 7) is 4.55. The van der Waals surface area contributed by atoms with Gasteiger partial charge in [0.15, 0.2) is 0 Å². The van der Waals surface area contributed by atoms with Gasteiger partial charge in [0.2, 0.25) is 0 Å². The van der Waals surface area contributed by atoms with Gasteiger partial charge in [-0.2, -0.15) is 0 Å². The summed E-state index contributed by atoms with van der Waals surface area (Å²) in [5.41, 5.74) is 2.89. The molecule has 16 heavy (non-hydrogen) atoms. The molecule has 82 valence electrons. The van der Waals surface area contributed by atoms with Crippen LogP contribution in [0.3, 0.4) is 0 Å². The van der Waals surface area contributed by atoms with E-state index in [0.29, 0.717) is 11.8 Å². The molecule has 0 spiro atoms. The standard InChI is InChI=1S/C12H14.2CH3.2Rf/c1-9(2)11-8-7-10-5-3-4-6-12(10)11;;;;/h3-9,11H,1-2H3;2*1H3;;/q;2*-1;;. The van der Waals surface area contributed by atoms with Crippen LogP contribution in [0.15, 0.2) is 30.3 Å². The molecule has 0 aliphatic heterocycles. The summed E-state index contributed by atoms with van der Waals surface area (Å²) in [5, 5.41) is 0. The minimum Gasteiger partial charge on any atom is -0.358 e. The van der Waals surface area contributed by atoms with Crippen molar-refractivity contribution in [1.29, 1.82) is 0 Å². The SMILES string of the molecule is CC(C)C1C=Cc2ccccc21.[CH3-].[CH3-].[Rf].[Rf]. The first-order valence-corrected chi connectivity index (χ1v) is 4.56. The van der Waals surface area contributed by atoms with Crippen LogP contribution in [0.4, 0.5) is 0 Å². The molecule has 1 aliphatic rings. The smallest absolute Gasteiger partial charge is 0.00502 e. The van der Waals surface area contributed by atoms with Crippen molar-refractivity contribution in [3.63, 3.8) is 0 Å². The average Bonchev–Trinajstić information content (AvgIpc) is 2.47. The van der Waals surface area contributed by atoms with Crippen LogP contribution in [0.2, 0.25) is 0 Å². The second kappa shape index (κ2) is 6.42. The Morgan fingerprint density at radius 1 is 1.00 bits per heavy atom. The van der Waals surface area contributed by atoms with E-state index in [-0.39, 0.29) is 14.9 Å². The van der Waals surface area contributed by atoms with Gasteiger partial charge in [-0.15, -0.1) is 0 Å². The minimum atomic E-state index is 0. The van der Waals surface area contributed by atoms with Gasteiger partial charge >= 0.3 is 0 Å². The van der Waals surface area contributed by atoms with E-state index in [0.717, 1.165) is 0 Å². The van der Waals surface area contributed by atoms with Gasteiger partial charge in [-0.3, -0.25) is 0 Å². The third-order valence-electron chi connectivity index (χ3n) is 2.56. The molecule has 0 nitrogen and oxygen atoms in total. The minimum absolute atomic E-state index is 0. The maximum Gasteiger partial charge on any atom is 0.00502 e. The van der Waals surface area contributed by atoms with Gasteiger partial charge in [-0.25, -0.2) is 0 Å². The van der Waals surface area contributed by atoms with Gasteiger partial charge in [0.25, 0.3) is 0 Å². The predicted molar refractivity (Wildman–Crippen MR) is 65.9 cm³/mol. The van der Waals surface area contributed by atoms with Crippen LogP contribution in [-0.2, 0) is 0 Å². The summed E-state index contributed by atoms with van der Waals surface area (Å²) in [7, 11) is 0. The molecule has 2 rings (SSSR count). The summed E-state index contributed by atoms with van der Waals surface area (Å²) in [6.07, 6.45) is 4.55. The van der Waals surface area contributed by atoms with E-state index < -0.39 is 0 Å². The van der Waals surface area contributed by atoms with Gasteiger partial charge in [0.05, 0.1) is 0 Å². The number of hydrogen-bond acceptors (Lipinski definition) is 0. The average molecular weight is 722 g/mol. The zero-order chi connectivity index (χ0) is 8.55. The Labute approximate surface area is 88.7 Å². The first kappa shape index (κ1) is 18.7. The van der Waals surface area contributed by atoms with E-state index in [1.54, 1.807) is 0 Å². The van der Waals surface area contributed by atoms with E-state index in [1.165, 1.54) is 11.1 Å². The molecule has 0 radical (unpaired) electrons. The first-order valence-electron chi connectivity index (χ1n) is 4.56. The molecule has 1 aromatic carbocycles. The quantitative estimate of drug-likeness (QED) is 0.379. The molecule has 0 fully saturated rings. The fourth-order valence-corrected chi connectivity index (χ4v) is 1.86. The van der Waals surface area contributed by atoms with Crippen LogP contribution in [0, 0.1) is 20.8 Å². The molecule has 1 aliphatic carbocycles. The fraction of sp³-hybridized carbons (Fsp3) is 0.286. The Bertz CT molecular complexity index is 316. The summed E-state index contributed by atoms with van der Waals surface area (Å²) >= 11 is 0. The van der Waals surface area contributed by atoms with Crippen molar-refractivity contribution in [3.05, 3.63) is 56.3 Å². The van der Waals surface area contributed by atoms with E-state index in [4.69, 9.17) is 0 Å². The molecule has 0 bridgehead atoms. The molecule has 0 saturated heterocycles. The number of benzene rings is 1. The number of allylic oxidation sites excluding steroid dienone is 1. The van der Waals surface area contributed by atoms with Gasteiger partial charge in [-0.05, 0) is 17.0 Å². The van der Waals surface area contributed by atoms with Gasteiger partial charge in [-0.1, -0.05) is 50.3 Å². The Kier molecular flexibility index (Phi) is 7.50. The first-order chi connectivity index (χ1) is 5.79. The Balaban J connectivity index is -0.000000422. The normalized spacial score (nSPS) is 15.1. The van der Waals surface area contributed by atoms with Crippen LogP contribution in [0.5, 0.6) is 0 Å². The molecule has 1 unspecified atom stereocenters. The van der Waals surface area contributed by atoms with Gasteiger partial charge in [0, 0.05) is 5.92 Å². The number of hydrogen-bond donors (Lipinski definition) is 0. The Morgan fingerprint density at radius 3 is 2.12 bits per heavy atom. The second-order valence-corrected chi connectivity index (χ2v) is 3.76. The molecular weight excluding hydrogens is 702 g/mol. The van der Waals surface area contributed by atoms with Crippen LogP contribution < -0.4 is 0 Å². The third-order valence-corrected chi connectivity index (χ3v) is 2.56. The van der Waals surface area contributed by atoms with Crippen LogP contribution >= 0.6 is 0 Å². The Hall–Kier alpha value is -3.04. The third kappa shape index (κ3) is 2.47. The number of fused-ring (bicyclic) bond motifs is 1. The zero-order valence-corrected chi connectivity index (χ0v) is 23.8. The zero-order valence-electron chi connectivity index (χ0n) is 11.0. The van der Waals surface area contributed by atoms with E-state index >= 15 is 0 Å². The van der Waals surface area contributed by atoms with E-state index in [9.17, 15) is 0 Å². The van der Waals surface area contributed by atoms with Crippen molar-refractivity contribution >= 4 is 6.08 Å². The molecule has 0 amide bonds. The van der Waals surface area contributed by atoms with Gasteiger partial charge in [0.1, 0.15) is 0 Å². The largest absolute Gasteiger partial charge is 0.358 e. The summed E-state index contributed by atoms with van der Waals surface area (Å²) in [4.78, 5) is 0. The molecular formula is C14H20Rf2-2. The molecule has 2 heteroatoms. The topological polar surface area (TPSA) is 0 Å². The van der Waals surface area contributed by atoms with Gasteiger partial charge < -0.3 is 14.9 Å². The van der Waals surface area contributed by atoms with E-state index in [1.807, 2.05) is 0 Å². The summed E-state index contributed by atoms with van der Waals surface area (Å²) in [6, 6.07) is 8.65. The Morgan fingerprint density at radius 2 is 1.56 bits per heavy atom. The van der Waals surface area contributed by atoms with Crippen molar-refractivity contribution < 1.29 is 0 Å². The van der Waals surface area contributed by atoms with Crippen molar-refractivity contribution in [3.8, 4) is 0 Å². The molecule has 0 heterocycles. The monoisotopic (exact) mass is 722 g/mol. The summed E-state index contributed by atoms with van der Waals surface area (Å²) < 4.78 is 0. The maximum atomic E-state index is 2.31. The maximum absolute atomic E-state index is 2.31. The molecule has 0 aromatic heterocycles. The van der Waals surface area contributed by atoms with Crippen LogP contribution in [-0.4, -0.2) is 0 Å². The second-order valence-electron chi connectivity index (χ2n) is 3.76. The van der Waals surface area contributed by atoms with Crippen LogP contribution in [0.25, 0.3) is 6.08 Å². The van der Waals surface area contributed by atoms with Crippen molar-refractivity contribution in [2.45, 2.75) is 19.8 Å². The fourth-order valence-electron chi connectivity index (χ4n) is 1.86. The van der Waals surface area contributed by atoms with Crippen molar-refractivity contribution in [1.82, 2.24) is 0 Å². The molecule has 0 N–H and O–H groups in total. The predicted octanol–water partition coefficient (Wildman–Crippen LogP) is 4.35. The number of rotatable bonds is 1. The molecule has 1 atom stereocenters. The van der Waals surface area contributed by atoms with E-state index in [2.05, 4.69) is 50.3 Å². The molecule has 0 saturated carbocycles. The van der Waals surface area contributed by atoms with Crippen LogP contribution in [0.1, 0.15) is 30.9 Å². The summed E-state index contributed by atoms with van der Waals surface area (Å²) in [5.74, 6) is 1.35. The molecule has 1 aromatic rings.